The number of amides is 2. The predicted octanol–water partition coefficient (Wildman–Crippen LogP) is 5.14. The minimum atomic E-state index is -0.859. The molecule has 6 heteroatoms. The highest BCUT2D eigenvalue weighted by molar-refractivity contribution is 6.25. The van der Waals surface area contributed by atoms with Crippen LogP contribution < -0.4 is 14.4 Å². The number of esters is 1. The first kappa shape index (κ1) is 23.2. The van der Waals surface area contributed by atoms with Crippen molar-refractivity contribution >= 4 is 29.0 Å². The van der Waals surface area contributed by atoms with Crippen molar-refractivity contribution in [3.63, 3.8) is 0 Å². The number of imide groups is 1. The molecule has 0 radical (unpaired) electrons. The highest BCUT2D eigenvalue weighted by atomic mass is 16.5. The van der Waals surface area contributed by atoms with Crippen molar-refractivity contribution in [1.82, 2.24) is 0 Å². The van der Waals surface area contributed by atoms with E-state index in [0.29, 0.717) is 17.2 Å². The molecule has 6 rings (SSSR count). The first-order valence-electron chi connectivity index (χ1n) is 12.4. The monoisotopic (exact) mass is 493 g/mol. The van der Waals surface area contributed by atoms with Gasteiger partial charge in [0.25, 0.3) is 0 Å². The van der Waals surface area contributed by atoms with Crippen LogP contribution in [0.4, 0.5) is 5.69 Å². The summed E-state index contributed by atoms with van der Waals surface area (Å²) in [5.74, 6) is -2.77. The van der Waals surface area contributed by atoms with E-state index >= 15 is 0 Å². The van der Waals surface area contributed by atoms with Crippen LogP contribution in [0.3, 0.4) is 0 Å². The molecule has 3 aromatic carbocycles. The lowest BCUT2D eigenvalue weighted by molar-refractivity contribution is -0.142. The van der Waals surface area contributed by atoms with Crippen LogP contribution in [0, 0.1) is 38.5 Å². The number of ether oxygens (including phenoxy) is 2. The molecule has 3 aromatic rings. The summed E-state index contributed by atoms with van der Waals surface area (Å²) in [6.45, 7) is 5.80. The second kappa shape index (κ2) is 8.44. The summed E-state index contributed by atoms with van der Waals surface area (Å²) in [6, 6.07) is 18.9. The van der Waals surface area contributed by atoms with Gasteiger partial charge < -0.3 is 9.47 Å². The first-order valence-corrected chi connectivity index (χ1v) is 12.4. The van der Waals surface area contributed by atoms with Crippen LogP contribution >= 0.6 is 0 Å². The Morgan fingerprint density at radius 3 is 2.19 bits per heavy atom. The lowest BCUT2D eigenvalue weighted by Gasteiger charge is -2.38. The van der Waals surface area contributed by atoms with E-state index in [2.05, 4.69) is 0 Å². The topological polar surface area (TPSA) is 72.9 Å². The van der Waals surface area contributed by atoms with Crippen LogP contribution in [0.5, 0.6) is 11.5 Å². The van der Waals surface area contributed by atoms with Crippen LogP contribution in [0.15, 0.2) is 66.7 Å². The van der Waals surface area contributed by atoms with E-state index in [0.717, 1.165) is 33.4 Å². The molecule has 1 fully saturated rings. The highest BCUT2D eigenvalue weighted by Gasteiger charge is 2.60. The summed E-state index contributed by atoms with van der Waals surface area (Å²) >= 11 is 0. The molecule has 2 aliphatic heterocycles. The Kier molecular flexibility index (Phi) is 5.30. The largest absolute Gasteiger partial charge is 0.497 e. The molecule has 2 heterocycles. The molecule has 0 bridgehead atoms. The van der Waals surface area contributed by atoms with Crippen LogP contribution in [-0.4, -0.2) is 24.9 Å². The van der Waals surface area contributed by atoms with E-state index in [1.807, 2.05) is 87.5 Å². The highest BCUT2D eigenvalue weighted by Crippen LogP contribution is 2.55. The standard InChI is InChI=1S/C31H27NO5/c1-16-6-12-24(18(3)13-16)32-29(33)26-22(19-7-9-20(36-4)10-8-19)15-23-21-11-5-17(2)14-25(21)37-31(35)27(23)28(26)30(32)34/h5-15,22,26-28H,1-4H3/t22-,26-,27-,28-/m0/s1. The van der Waals surface area contributed by atoms with E-state index in [1.54, 1.807) is 7.11 Å². The minimum Gasteiger partial charge on any atom is -0.497 e. The predicted molar refractivity (Wildman–Crippen MR) is 139 cm³/mol. The molecular formula is C31H27NO5. The molecule has 0 unspecified atom stereocenters. The van der Waals surface area contributed by atoms with E-state index in [9.17, 15) is 14.4 Å². The molecule has 6 nitrogen and oxygen atoms in total. The van der Waals surface area contributed by atoms with Crippen molar-refractivity contribution < 1.29 is 23.9 Å². The molecule has 0 spiro atoms. The second-order valence-corrected chi connectivity index (χ2v) is 10.2. The summed E-state index contributed by atoms with van der Waals surface area (Å²) in [5, 5.41) is 0. The maximum absolute atomic E-state index is 14.1. The van der Waals surface area contributed by atoms with Gasteiger partial charge in [0.05, 0.1) is 30.6 Å². The Hall–Kier alpha value is -4.19. The van der Waals surface area contributed by atoms with Gasteiger partial charge in [0.15, 0.2) is 0 Å². The molecule has 3 aliphatic rings. The summed E-state index contributed by atoms with van der Waals surface area (Å²) in [6.07, 6.45) is 2.00. The SMILES string of the molecule is COc1ccc([C@@H]2C=C3c4ccc(C)cc4OC(=O)[C@@H]3[C@H]3C(=O)N(c4ccc(C)cc4C)C(=O)[C@H]32)cc1. The van der Waals surface area contributed by atoms with Crippen molar-refractivity contribution in [2.75, 3.05) is 12.0 Å². The molecule has 0 saturated carbocycles. The molecular weight excluding hydrogens is 466 g/mol. The number of methoxy groups -OCH3 is 1. The van der Waals surface area contributed by atoms with E-state index < -0.39 is 29.6 Å². The average molecular weight is 494 g/mol. The van der Waals surface area contributed by atoms with Crippen LogP contribution in [0.1, 0.15) is 33.7 Å². The van der Waals surface area contributed by atoms with Crippen molar-refractivity contribution in [3.05, 3.63) is 94.6 Å². The van der Waals surface area contributed by atoms with E-state index in [4.69, 9.17) is 9.47 Å². The van der Waals surface area contributed by atoms with Gasteiger partial charge in [0.2, 0.25) is 11.8 Å². The van der Waals surface area contributed by atoms with Gasteiger partial charge in [0.1, 0.15) is 11.5 Å². The van der Waals surface area contributed by atoms with Gasteiger partial charge in [-0.2, -0.15) is 0 Å². The smallest absolute Gasteiger partial charge is 0.319 e. The van der Waals surface area contributed by atoms with Crippen LogP contribution in [0.25, 0.3) is 5.57 Å². The fraction of sp³-hybridized carbons (Fsp3) is 0.258. The van der Waals surface area contributed by atoms with Gasteiger partial charge in [-0.25, -0.2) is 4.90 Å². The van der Waals surface area contributed by atoms with E-state index in [-0.39, 0.29) is 11.8 Å². The number of carbonyl (C=O) groups excluding carboxylic acids is 3. The Morgan fingerprint density at radius 2 is 1.49 bits per heavy atom. The normalized spacial score (nSPS) is 24.2. The number of allylic oxidation sites excluding steroid dienone is 1. The third-order valence-electron chi connectivity index (χ3n) is 7.84. The quantitative estimate of drug-likeness (QED) is 0.287. The number of benzene rings is 3. The summed E-state index contributed by atoms with van der Waals surface area (Å²) < 4.78 is 11.1. The fourth-order valence-corrected chi connectivity index (χ4v) is 6.11. The zero-order valence-electron chi connectivity index (χ0n) is 21.1. The number of anilines is 1. The van der Waals surface area contributed by atoms with Gasteiger partial charge in [-0.05, 0) is 67.3 Å². The van der Waals surface area contributed by atoms with Crippen molar-refractivity contribution in [1.29, 1.82) is 0 Å². The fourth-order valence-electron chi connectivity index (χ4n) is 6.11. The van der Waals surface area contributed by atoms with Crippen molar-refractivity contribution in [2.24, 2.45) is 17.8 Å². The number of rotatable bonds is 3. The van der Waals surface area contributed by atoms with Crippen LogP contribution in [-0.2, 0) is 14.4 Å². The lowest BCUT2D eigenvalue weighted by Crippen LogP contribution is -2.42. The van der Waals surface area contributed by atoms with Gasteiger partial charge in [-0.1, -0.05) is 48.0 Å². The lowest BCUT2D eigenvalue weighted by atomic mass is 9.64. The molecule has 186 valence electrons. The third-order valence-corrected chi connectivity index (χ3v) is 7.84. The van der Waals surface area contributed by atoms with E-state index in [1.165, 1.54) is 4.90 Å². The number of nitrogens with zero attached hydrogens (tertiary/aromatic N) is 1. The first-order chi connectivity index (χ1) is 17.8. The van der Waals surface area contributed by atoms with Gasteiger partial charge in [0, 0.05) is 11.5 Å². The van der Waals surface area contributed by atoms with Crippen molar-refractivity contribution in [3.8, 4) is 11.5 Å². The zero-order chi connectivity index (χ0) is 26.0. The minimum absolute atomic E-state index is 0.291. The number of fused-ring (bicyclic) bond motifs is 5. The summed E-state index contributed by atoms with van der Waals surface area (Å²) in [7, 11) is 1.60. The zero-order valence-corrected chi connectivity index (χ0v) is 21.1. The maximum Gasteiger partial charge on any atom is 0.319 e. The Labute approximate surface area is 215 Å². The molecule has 0 N–H and O–H groups in total. The second-order valence-electron chi connectivity index (χ2n) is 10.2. The third kappa shape index (κ3) is 3.50. The Bertz CT molecular complexity index is 1500. The van der Waals surface area contributed by atoms with Gasteiger partial charge in [-0.15, -0.1) is 0 Å². The summed E-state index contributed by atoms with van der Waals surface area (Å²) in [4.78, 5) is 42.9. The Balaban J connectivity index is 1.55. The number of hydrogen-bond donors (Lipinski definition) is 0. The number of hydrogen-bond acceptors (Lipinski definition) is 5. The maximum atomic E-state index is 14.1. The van der Waals surface area contributed by atoms with Crippen molar-refractivity contribution in [2.45, 2.75) is 26.7 Å². The molecule has 2 amide bonds. The molecule has 37 heavy (non-hydrogen) atoms. The average Bonchev–Trinajstić information content (AvgIpc) is 3.13. The molecule has 0 aromatic heterocycles. The number of aryl methyl sites for hydroxylation is 3. The molecule has 1 saturated heterocycles. The van der Waals surface area contributed by atoms with Gasteiger partial charge in [-0.3, -0.25) is 14.4 Å². The van der Waals surface area contributed by atoms with Gasteiger partial charge >= 0.3 is 5.97 Å². The van der Waals surface area contributed by atoms with Crippen LogP contribution in [0.2, 0.25) is 0 Å². The Morgan fingerprint density at radius 1 is 0.811 bits per heavy atom. The molecule has 4 atom stereocenters. The number of carbonyl (C=O) groups is 3. The summed E-state index contributed by atoms with van der Waals surface area (Å²) in [5.41, 5.74) is 5.83. The molecule has 1 aliphatic carbocycles.